The molecule has 0 bridgehead atoms. The number of nitrogens with one attached hydrogen (secondary N) is 1. The van der Waals surface area contributed by atoms with Gasteiger partial charge >= 0.3 is 0 Å². The molecular weight excluding hydrogens is 356 g/mol. The van der Waals surface area contributed by atoms with Crippen molar-refractivity contribution in [1.29, 1.82) is 0 Å². The van der Waals surface area contributed by atoms with Crippen molar-refractivity contribution in [1.82, 2.24) is 15.0 Å². The Kier molecular flexibility index (Phi) is 5.85. The highest BCUT2D eigenvalue weighted by atomic mass is 32.2. The van der Waals surface area contributed by atoms with Crippen LogP contribution in [-0.2, 0) is 11.3 Å². The molecule has 2 aromatic heterocycles. The fourth-order valence-electron chi connectivity index (χ4n) is 2.29. The summed E-state index contributed by atoms with van der Waals surface area (Å²) in [6, 6.07) is 11.6. The molecule has 3 rings (SSSR count). The molecule has 0 unspecified atom stereocenters. The number of aromatic nitrogens is 2. The van der Waals surface area contributed by atoms with Crippen LogP contribution in [0, 0.1) is 0 Å². The van der Waals surface area contributed by atoms with Crippen molar-refractivity contribution in [2.24, 2.45) is 0 Å². The van der Waals surface area contributed by atoms with Gasteiger partial charge in [-0.05, 0) is 36.9 Å². The highest BCUT2D eigenvalue weighted by molar-refractivity contribution is 7.98. The lowest BCUT2D eigenvalue weighted by atomic mass is 10.3. The first-order valence-corrected chi connectivity index (χ1v) is 9.74. The number of thiophene rings is 1. The van der Waals surface area contributed by atoms with Crippen molar-refractivity contribution in [2.45, 2.75) is 11.4 Å². The Morgan fingerprint density at radius 3 is 2.92 bits per heavy atom. The lowest BCUT2D eigenvalue weighted by molar-refractivity contribution is -0.117. The minimum absolute atomic E-state index is 0.0815. The standard InChI is InChI=1S/C17H18N4O2S2/c1-21(10-15(22)18-12-6-3-4-7-13(12)24-2)11-16-19-17(20-23-16)14-8-5-9-25-14/h3-9H,10-11H2,1-2H3,(H,18,22). The van der Waals surface area contributed by atoms with Gasteiger partial charge in [-0.15, -0.1) is 23.1 Å². The number of benzene rings is 1. The highest BCUT2D eigenvalue weighted by Crippen LogP contribution is 2.24. The zero-order chi connectivity index (χ0) is 17.6. The van der Waals surface area contributed by atoms with Gasteiger partial charge in [0.15, 0.2) is 0 Å². The number of rotatable bonds is 7. The number of anilines is 1. The van der Waals surface area contributed by atoms with Crippen molar-refractivity contribution in [3.8, 4) is 10.7 Å². The Bertz CT molecular complexity index is 833. The van der Waals surface area contributed by atoms with Crippen molar-refractivity contribution in [2.75, 3.05) is 25.2 Å². The summed E-state index contributed by atoms with van der Waals surface area (Å²) >= 11 is 3.16. The molecule has 0 aliphatic carbocycles. The molecule has 0 saturated heterocycles. The maximum Gasteiger partial charge on any atom is 0.241 e. The lowest BCUT2D eigenvalue weighted by Crippen LogP contribution is -2.30. The van der Waals surface area contributed by atoms with Crippen molar-refractivity contribution < 1.29 is 9.32 Å². The molecule has 2 heterocycles. The summed E-state index contributed by atoms with van der Waals surface area (Å²) in [7, 11) is 1.84. The largest absolute Gasteiger partial charge is 0.338 e. The van der Waals surface area contributed by atoms with Gasteiger partial charge in [-0.1, -0.05) is 23.4 Å². The average molecular weight is 374 g/mol. The van der Waals surface area contributed by atoms with Gasteiger partial charge in [0.2, 0.25) is 17.6 Å². The molecule has 0 aliphatic heterocycles. The predicted molar refractivity (Wildman–Crippen MR) is 101 cm³/mol. The molecule has 3 aromatic rings. The number of amides is 1. The number of para-hydroxylation sites is 1. The summed E-state index contributed by atoms with van der Waals surface area (Å²) in [5.41, 5.74) is 0.825. The Morgan fingerprint density at radius 2 is 2.16 bits per heavy atom. The van der Waals surface area contributed by atoms with Crippen molar-refractivity contribution in [3.05, 3.63) is 47.7 Å². The van der Waals surface area contributed by atoms with Gasteiger partial charge in [0.25, 0.3) is 0 Å². The van der Waals surface area contributed by atoms with Gasteiger partial charge in [0.1, 0.15) is 0 Å². The number of likely N-dealkylation sites (N-methyl/N-ethyl adjacent to an activating group) is 1. The number of carbonyl (C=O) groups is 1. The maximum absolute atomic E-state index is 12.2. The number of hydrogen-bond donors (Lipinski definition) is 1. The summed E-state index contributed by atoms with van der Waals surface area (Å²) in [6.07, 6.45) is 1.98. The summed E-state index contributed by atoms with van der Waals surface area (Å²) in [5, 5.41) is 8.88. The average Bonchev–Trinajstić information content (AvgIpc) is 3.26. The van der Waals surface area contributed by atoms with E-state index in [9.17, 15) is 4.79 Å². The molecule has 0 aliphatic rings. The van der Waals surface area contributed by atoms with E-state index in [4.69, 9.17) is 4.52 Å². The normalized spacial score (nSPS) is 11.0. The van der Waals surface area contributed by atoms with E-state index in [2.05, 4.69) is 15.5 Å². The van der Waals surface area contributed by atoms with Crippen LogP contribution in [0.4, 0.5) is 5.69 Å². The van der Waals surface area contributed by atoms with Crippen LogP contribution in [0.25, 0.3) is 10.7 Å². The second-order valence-electron chi connectivity index (χ2n) is 5.41. The molecule has 6 nitrogen and oxygen atoms in total. The first-order valence-electron chi connectivity index (χ1n) is 7.63. The summed E-state index contributed by atoms with van der Waals surface area (Å²) in [5.74, 6) is 0.988. The zero-order valence-electron chi connectivity index (χ0n) is 13.9. The highest BCUT2D eigenvalue weighted by Gasteiger charge is 2.14. The molecule has 1 amide bonds. The maximum atomic E-state index is 12.2. The molecule has 0 spiro atoms. The second kappa shape index (κ2) is 8.28. The number of nitrogens with zero attached hydrogens (tertiary/aromatic N) is 3. The van der Waals surface area contributed by atoms with E-state index in [1.165, 1.54) is 0 Å². The van der Waals surface area contributed by atoms with Crippen molar-refractivity contribution in [3.63, 3.8) is 0 Å². The molecule has 1 aromatic carbocycles. The Labute approximate surface area is 154 Å². The van der Waals surface area contributed by atoms with Crippen LogP contribution in [0.15, 0.2) is 51.2 Å². The molecular formula is C17H18N4O2S2. The third-order valence-electron chi connectivity index (χ3n) is 3.41. The minimum atomic E-state index is -0.0815. The predicted octanol–water partition coefficient (Wildman–Crippen LogP) is 3.59. The molecule has 0 saturated carbocycles. The van der Waals surface area contributed by atoms with Gasteiger partial charge in [-0.2, -0.15) is 4.98 Å². The van der Waals surface area contributed by atoms with Gasteiger partial charge in [-0.25, -0.2) is 0 Å². The van der Waals surface area contributed by atoms with E-state index in [-0.39, 0.29) is 12.5 Å². The molecule has 0 radical (unpaired) electrons. The molecule has 0 atom stereocenters. The third kappa shape index (κ3) is 4.68. The smallest absolute Gasteiger partial charge is 0.241 e. The second-order valence-corrected chi connectivity index (χ2v) is 7.21. The lowest BCUT2D eigenvalue weighted by Gasteiger charge is -2.15. The topological polar surface area (TPSA) is 71.3 Å². The van der Waals surface area contributed by atoms with E-state index in [0.29, 0.717) is 18.3 Å². The number of carbonyl (C=O) groups excluding carboxylic acids is 1. The van der Waals surface area contributed by atoms with Crippen LogP contribution in [0.5, 0.6) is 0 Å². The monoisotopic (exact) mass is 374 g/mol. The molecule has 130 valence electrons. The van der Waals surface area contributed by atoms with E-state index in [0.717, 1.165) is 15.5 Å². The van der Waals surface area contributed by atoms with E-state index >= 15 is 0 Å². The van der Waals surface area contributed by atoms with Gasteiger partial charge in [-0.3, -0.25) is 9.69 Å². The fraction of sp³-hybridized carbons (Fsp3) is 0.235. The Balaban J connectivity index is 1.55. The Hall–Kier alpha value is -2.16. The Morgan fingerprint density at radius 1 is 1.32 bits per heavy atom. The first-order chi connectivity index (χ1) is 12.2. The fourth-order valence-corrected chi connectivity index (χ4v) is 3.50. The molecule has 8 heteroatoms. The minimum Gasteiger partial charge on any atom is -0.338 e. The van der Waals surface area contributed by atoms with Gasteiger partial charge in [0.05, 0.1) is 23.7 Å². The van der Waals surface area contributed by atoms with Crippen LogP contribution in [0.1, 0.15) is 5.89 Å². The van der Waals surface area contributed by atoms with Gasteiger partial charge in [0, 0.05) is 4.90 Å². The van der Waals surface area contributed by atoms with Crippen LogP contribution >= 0.6 is 23.1 Å². The summed E-state index contributed by atoms with van der Waals surface area (Å²) in [4.78, 5) is 20.4. The first kappa shape index (κ1) is 17.7. The zero-order valence-corrected chi connectivity index (χ0v) is 15.6. The number of hydrogen-bond acceptors (Lipinski definition) is 7. The molecule has 1 N–H and O–H groups in total. The molecule has 0 fully saturated rings. The van der Waals surface area contributed by atoms with Crippen LogP contribution in [-0.4, -0.2) is 40.8 Å². The molecule has 25 heavy (non-hydrogen) atoms. The van der Waals surface area contributed by atoms with Crippen LogP contribution in [0.2, 0.25) is 0 Å². The van der Waals surface area contributed by atoms with Crippen LogP contribution < -0.4 is 5.32 Å². The van der Waals surface area contributed by atoms with E-state index in [1.54, 1.807) is 23.1 Å². The van der Waals surface area contributed by atoms with Crippen molar-refractivity contribution >= 4 is 34.7 Å². The van der Waals surface area contributed by atoms with Crippen LogP contribution in [0.3, 0.4) is 0 Å². The quantitative estimate of drug-likeness (QED) is 0.637. The van der Waals surface area contributed by atoms with E-state index < -0.39 is 0 Å². The third-order valence-corrected chi connectivity index (χ3v) is 5.07. The number of thioether (sulfide) groups is 1. The summed E-state index contributed by atoms with van der Waals surface area (Å²) in [6.45, 7) is 0.648. The SMILES string of the molecule is CSc1ccccc1NC(=O)CN(C)Cc1nc(-c2cccs2)no1. The van der Waals surface area contributed by atoms with E-state index in [1.807, 2.05) is 60.0 Å². The summed E-state index contributed by atoms with van der Waals surface area (Å²) < 4.78 is 5.26. The van der Waals surface area contributed by atoms with Gasteiger partial charge < -0.3 is 9.84 Å².